The Morgan fingerprint density at radius 2 is 1.83 bits per heavy atom. The molecule has 1 aromatic carbocycles. The summed E-state index contributed by atoms with van der Waals surface area (Å²) in [5, 5.41) is 15.2. The fourth-order valence-corrected chi connectivity index (χ4v) is 3.55. The lowest BCUT2D eigenvalue weighted by molar-refractivity contribution is -0.136. The molecule has 0 aliphatic rings. The summed E-state index contributed by atoms with van der Waals surface area (Å²) in [7, 11) is 0. The number of thioether (sulfide) groups is 1. The fourth-order valence-electron chi connectivity index (χ4n) is 2.92. The number of hydrogen-bond donors (Lipinski definition) is 4. The van der Waals surface area contributed by atoms with Crippen LogP contribution < -0.4 is 16.1 Å². The lowest BCUT2D eigenvalue weighted by Crippen LogP contribution is -2.50. The maximum absolute atomic E-state index is 12.9. The summed E-state index contributed by atoms with van der Waals surface area (Å²) >= 11 is 13.6. The molecular formula is C20H29Cl2N3O4S. The first kappa shape index (κ1) is 26.6. The van der Waals surface area contributed by atoms with Crippen molar-refractivity contribution in [3.8, 4) is 0 Å². The highest BCUT2D eigenvalue weighted by molar-refractivity contribution is 7.98. The van der Waals surface area contributed by atoms with Crippen LogP contribution >= 0.6 is 35.0 Å². The molecule has 30 heavy (non-hydrogen) atoms. The number of amides is 3. The van der Waals surface area contributed by atoms with E-state index in [-0.39, 0.29) is 24.7 Å². The van der Waals surface area contributed by atoms with E-state index in [0.717, 1.165) is 11.3 Å². The predicted molar refractivity (Wildman–Crippen MR) is 121 cm³/mol. The second-order valence-electron chi connectivity index (χ2n) is 7.36. The summed E-state index contributed by atoms with van der Waals surface area (Å²) in [5.41, 5.74) is 2.30. The third-order valence-electron chi connectivity index (χ3n) is 4.35. The van der Waals surface area contributed by atoms with Gasteiger partial charge in [0.05, 0.1) is 10.0 Å². The van der Waals surface area contributed by atoms with Crippen molar-refractivity contribution in [2.45, 2.75) is 39.2 Å². The third-order valence-corrected chi connectivity index (χ3v) is 5.70. The van der Waals surface area contributed by atoms with Gasteiger partial charge in [-0.2, -0.15) is 11.8 Å². The summed E-state index contributed by atoms with van der Waals surface area (Å²) in [5.74, 6) is -1.17. The van der Waals surface area contributed by atoms with Gasteiger partial charge in [0.2, 0.25) is 17.7 Å². The van der Waals surface area contributed by atoms with Gasteiger partial charge in [-0.1, -0.05) is 43.1 Å². The van der Waals surface area contributed by atoms with Gasteiger partial charge >= 0.3 is 0 Å². The first-order chi connectivity index (χ1) is 14.2. The van der Waals surface area contributed by atoms with Crippen molar-refractivity contribution in [1.82, 2.24) is 16.1 Å². The maximum atomic E-state index is 12.9. The smallest absolute Gasteiger partial charge is 0.244 e. The van der Waals surface area contributed by atoms with Gasteiger partial charge in [0.1, 0.15) is 6.04 Å². The number of carbonyl (C=O) groups is 3. The van der Waals surface area contributed by atoms with Crippen LogP contribution in [-0.4, -0.2) is 47.5 Å². The molecule has 168 valence electrons. The Morgan fingerprint density at radius 1 is 1.13 bits per heavy atom. The van der Waals surface area contributed by atoms with Crippen LogP contribution in [-0.2, 0) is 20.8 Å². The summed E-state index contributed by atoms with van der Waals surface area (Å²) < 4.78 is 0. The van der Waals surface area contributed by atoms with Gasteiger partial charge in [-0.05, 0) is 36.3 Å². The maximum Gasteiger partial charge on any atom is 0.244 e. The van der Waals surface area contributed by atoms with Crippen molar-refractivity contribution in [3.63, 3.8) is 0 Å². The molecule has 10 heteroatoms. The predicted octanol–water partition coefficient (Wildman–Crippen LogP) is 3.06. The molecule has 2 atom stereocenters. The minimum absolute atomic E-state index is 0.149. The van der Waals surface area contributed by atoms with E-state index in [1.165, 1.54) is 0 Å². The highest BCUT2D eigenvalue weighted by Crippen LogP contribution is 2.23. The minimum atomic E-state index is -0.844. The van der Waals surface area contributed by atoms with E-state index < -0.39 is 23.8 Å². The highest BCUT2D eigenvalue weighted by Gasteiger charge is 2.28. The molecule has 1 aromatic rings. The van der Waals surface area contributed by atoms with Crippen molar-refractivity contribution in [3.05, 3.63) is 33.8 Å². The molecule has 0 aliphatic heterocycles. The fraction of sp³-hybridized carbons (Fsp3) is 0.550. The molecule has 7 nitrogen and oxygen atoms in total. The molecule has 0 spiro atoms. The Labute approximate surface area is 191 Å². The topological polar surface area (TPSA) is 108 Å². The quantitative estimate of drug-likeness (QED) is 0.210. The van der Waals surface area contributed by atoms with E-state index in [4.69, 9.17) is 28.4 Å². The van der Waals surface area contributed by atoms with Gasteiger partial charge in [-0.3, -0.25) is 19.6 Å². The average Bonchev–Trinajstić information content (AvgIpc) is 2.69. The molecule has 0 fully saturated rings. The molecule has 0 aliphatic carbocycles. The average molecular weight is 478 g/mol. The van der Waals surface area contributed by atoms with E-state index in [1.54, 1.807) is 35.4 Å². The van der Waals surface area contributed by atoms with Crippen LogP contribution in [0.4, 0.5) is 0 Å². The van der Waals surface area contributed by atoms with Crippen LogP contribution in [0, 0.1) is 11.8 Å². The Balaban J connectivity index is 2.99. The molecular weight excluding hydrogens is 449 g/mol. The lowest BCUT2D eigenvalue weighted by Gasteiger charge is -2.23. The van der Waals surface area contributed by atoms with Crippen molar-refractivity contribution < 1.29 is 19.6 Å². The van der Waals surface area contributed by atoms with Crippen LogP contribution in [0.5, 0.6) is 0 Å². The van der Waals surface area contributed by atoms with E-state index in [2.05, 4.69) is 10.6 Å². The zero-order valence-electron chi connectivity index (χ0n) is 17.3. The van der Waals surface area contributed by atoms with Crippen molar-refractivity contribution in [2.75, 3.05) is 18.6 Å². The molecule has 4 N–H and O–H groups in total. The molecule has 0 saturated heterocycles. The van der Waals surface area contributed by atoms with Crippen LogP contribution in [0.2, 0.25) is 10.0 Å². The second kappa shape index (κ2) is 13.7. The molecule has 0 saturated carbocycles. The number of hydrogen-bond acceptors (Lipinski definition) is 5. The molecule has 1 rings (SSSR count). The monoisotopic (exact) mass is 477 g/mol. The largest absolute Gasteiger partial charge is 0.353 e. The van der Waals surface area contributed by atoms with Gasteiger partial charge in [0.25, 0.3) is 0 Å². The molecule has 3 amide bonds. The first-order valence-corrected chi connectivity index (χ1v) is 11.8. The Hall–Kier alpha value is -1.48. The van der Waals surface area contributed by atoms with Crippen molar-refractivity contribution >= 4 is 52.7 Å². The van der Waals surface area contributed by atoms with Gasteiger partial charge in [0, 0.05) is 31.1 Å². The molecule has 0 radical (unpaired) electrons. The van der Waals surface area contributed by atoms with Crippen LogP contribution in [0.15, 0.2) is 18.2 Å². The minimum Gasteiger partial charge on any atom is -0.353 e. The molecule has 0 aromatic heterocycles. The second-order valence-corrected chi connectivity index (χ2v) is 9.16. The normalized spacial score (nSPS) is 12.9. The Morgan fingerprint density at radius 3 is 2.40 bits per heavy atom. The van der Waals surface area contributed by atoms with Gasteiger partial charge < -0.3 is 10.6 Å². The van der Waals surface area contributed by atoms with Crippen molar-refractivity contribution in [1.29, 1.82) is 0 Å². The summed E-state index contributed by atoms with van der Waals surface area (Å²) in [6.07, 6.45) is 2.42. The first-order valence-electron chi connectivity index (χ1n) is 9.61. The number of halogens is 2. The summed E-state index contributed by atoms with van der Waals surface area (Å²) in [4.78, 5) is 37.2. The standard InChI is InChI=1S/C20H29Cl2N3O4S/c1-12(2)8-14(11-18(26)25-29)19(27)24-17(20(28)23-6-7-30-3)10-13-4-5-15(21)16(22)9-13/h4-5,9,12,14,17,29H,6-8,10-11H2,1-3H3,(H,23,28)(H,24,27)(H,25,26)/t14?,17-/m0/s1. The Bertz CT molecular complexity index is 734. The number of nitrogens with one attached hydrogen (secondary N) is 3. The van der Waals surface area contributed by atoms with Crippen LogP contribution in [0.25, 0.3) is 0 Å². The van der Waals surface area contributed by atoms with E-state index in [1.807, 2.05) is 20.1 Å². The zero-order chi connectivity index (χ0) is 22.7. The van der Waals surface area contributed by atoms with Gasteiger partial charge in [-0.25, -0.2) is 5.48 Å². The number of rotatable bonds is 12. The van der Waals surface area contributed by atoms with Gasteiger partial charge in [0.15, 0.2) is 0 Å². The number of hydroxylamine groups is 1. The Kier molecular flexibility index (Phi) is 12.2. The SMILES string of the molecule is CSCCNC(=O)[C@H](Cc1ccc(Cl)c(Cl)c1)NC(=O)C(CC(=O)NO)CC(C)C. The van der Waals surface area contributed by atoms with E-state index in [0.29, 0.717) is 23.0 Å². The highest BCUT2D eigenvalue weighted by atomic mass is 35.5. The molecule has 1 unspecified atom stereocenters. The third kappa shape index (κ3) is 9.55. The summed E-state index contributed by atoms with van der Waals surface area (Å²) in [6, 6.07) is 4.19. The van der Waals surface area contributed by atoms with E-state index in [9.17, 15) is 14.4 Å². The summed E-state index contributed by atoms with van der Waals surface area (Å²) in [6.45, 7) is 4.33. The van der Waals surface area contributed by atoms with Crippen LogP contribution in [0.1, 0.15) is 32.3 Å². The van der Waals surface area contributed by atoms with Crippen molar-refractivity contribution in [2.24, 2.45) is 11.8 Å². The molecule has 0 bridgehead atoms. The molecule has 0 heterocycles. The lowest BCUT2D eigenvalue weighted by atomic mass is 9.92. The van der Waals surface area contributed by atoms with Crippen LogP contribution in [0.3, 0.4) is 0 Å². The van der Waals surface area contributed by atoms with Gasteiger partial charge in [-0.15, -0.1) is 0 Å². The number of benzene rings is 1. The zero-order valence-corrected chi connectivity index (χ0v) is 19.7. The van der Waals surface area contributed by atoms with E-state index >= 15 is 0 Å². The number of carbonyl (C=O) groups excluding carboxylic acids is 3.